The average molecular weight is 385 g/mol. The largest absolute Gasteiger partial charge is 0.454 e. The highest BCUT2D eigenvalue weighted by molar-refractivity contribution is 7.99. The Hall–Kier alpha value is -3.06. The molecule has 3 aromatic rings. The van der Waals surface area contributed by atoms with Crippen LogP contribution < -0.4 is 0 Å². The lowest BCUT2D eigenvalue weighted by molar-refractivity contribution is 0.0469. The second kappa shape index (κ2) is 8.55. The molecular weight excluding hydrogens is 372 g/mol. The van der Waals surface area contributed by atoms with Gasteiger partial charge in [-0.25, -0.2) is 18.6 Å². The number of aromatic nitrogens is 1. The fourth-order valence-electron chi connectivity index (χ4n) is 2.23. The number of ketones is 1. The molecule has 27 heavy (non-hydrogen) atoms. The molecule has 0 spiro atoms. The van der Waals surface area contributed by atoms with E-state index in [0.717, 1.165) is 23.1 Å². The van der Waals surface area contributed by atoms with Crippen LogP contribution in [0.1, 0.15) is 20.7 Å². The van der Waals surface area contributed by atoms with Crippen LogP contribution in [0.2, 0.25) is 0 Å². The summed E-state index contributed by atoms with van der Waals surface area (Å²) in [5.74, 6) is -3.23. The first-order valence-electron chi connectivity index (χ1n) is 7.88. The van der Waals surface area contributed by atoms with Gasteiger partial charge in [0, 0.05) is 11.1 Å². The van der Waals surface area contributed by atoms with Gasteiger partial charge >= 0.3 is 5.97 Å². The highest BCUT2D eigenvalue weighted by atomic mass is 32.2. The lowest BCUT2D eigenvalue weighted by Gasteiger charge is -2.08. The first-order chi connectivity index (χ1) is 13.0. The third kappa shape index (κ3) is 4.77. The number of rotatable bonds is 6. The SMILES string of the molecule is O=C(COC(=O)c1cccnc1Sc1ccccc1)c1cc(F)ccc1F. The van der Waals surface area contributed by atoms with E-state index in [1.807, 2.05) is 30.3 Å². The van der Waals surface area contributed by atoms with E-state index in [1.165, 1.54) is 24.0 Å². The maximum atomic E-state index is 13.6. The van der Waals surface area contributed by atoms with Crippen molar-refractivity contribution in [2.24, 2.45) is 0 Å². The zero-order valence-corrected chi connectivity index (χ0v) is 14.7. The molecule has 1 heterocycles. The van der Waals surface area contributed by atoms with Crippen LogP contribution in [0.15, 0.2) is 76.8 Å². The molecule has 7 heteroatoms. The lowest BCUT2D eigenvalue weighted by atomic mass is 10.1. The molecule has 0 atom stereocenters. The predicted octanol–water partition coefficient (Wildman–Crippen LogP) is 4.55. The van der Waals surface area contributed by atoms with Crippen molar-refractivity contribution in [2.75, 3.05) is 6.61 Å². The minimum Gasteiger partial charge on any atom is -0.454 e. The summed E-state index contributed by atoms with van der Waals surface area (Å²) in [6.45, 7) is -0.705. The molecule has 0 saturated heterocycles. The third-order valence-electron chi connectivity index (χ3n) is 3.51. The number of esters is 1. The van der Waals surface area contributed by atoms with Crippen molar-refractivity contribution in [1.82, 2.24) is 4.98 Å². The number of pyridine rings is 1. The van der Waals surface area contributed by atoms with Crippen molar-refractivity contribution in [3.8, 4) is 0 Å². The molecule has 0 aliphatic heterocycles. The lowest BCUT2D eigenvalue weighted by Crippen LogP contribution is -2.16. The van der Waals surface area contributed by atoms with Gasteiger partial charge < -0.3 is 4.74 Å². The van der Waals surface area contributed by atoms with Crippen LogP contribution in [0.25, 0.3) is 0 Å². The summed E-state index contributed by atoms with van der Waals surface area (Å²) in [7, 11) is 0. The number of hydrogen-bond acceptors (Lipinski definition) is 5. The molecule has 0 fully saturated rings. The standard InChI is InChI=1S/C20H13F2NO3S/c21-13-8-9-17(22)16(11-13)18(24)12-26-20(25)15-7-4-10-23-19(15)27-14-5-2-1-3-6-14/h1-11H,12H2. The fraction of sp³-hybridized carbons (Fsp3) is 0.0500. The normalized spacial score (nSPS) is 10.4. The minimum atomic E-state index is -0.876. The van der Waals surface area contributed by atoms with Crippen LogP contribution in [-0.4, -0.2) is 23.3 Å². The Bertz CT molecular complexity index is 980. The molecule has 0 radical (unpaired) electrons. The van der Waals surface area contributed by atoms with E-state index in [4.69, 9.17) is 4.74 Å². The highest BCUT2D eigenvalue weighted by Crippen LogP contribution is 2.28. The number of benzene rings is 2. The summed E-state index contributed by atoms with van der Waals surface area (Å²) in [5, 5.41) is 0.415. The molecule has 0 N–H and O–H groups in total. The van der Waals surface area contributed by atoms with E-state index in [1.54, 1.807) is 6.07 Å². The third-order valence-corrected chi connectivity index (χ3v) is 4.54. The second-order valence-electron chi connectivity index (χ2n) is 5.39. The van der Waals surface area contributed by atoms with Crippen molar-refractivity contribution in [3.05, 3.63) is 89.6 Å². The Balaban J connectivity index is 1.71. The van der Waals surface area contributed by atoms with E-state index in [2.05, 4.69) is 4.98 Å². The van der Waals surface area contributed by atoms with Crippen LogP contribution in [0.5, 0.6) is 0 Å². The Morgan fingerprint density at radius 1 is 0.963 bits per heavy atom. The van der Waals surface area contributed by atoms with Gasteiger partial charge in [-0.1, -0.05) is 30.0 Å². The molecule has 1 aromatic heterocycles. The monoisotopic (exact) mass is 385 g/mol. The van der Waals surface area contributed by atoms with Crippen molar-refractivity contribution in [1.29, 1.82) is 0 Å². The highest BCUT2D eigenvalue weighted by Gasteiger charge is 2.19. The molecule has 4 nitrogen and oxygen atoms in total. The Labute approximate surface area is 158 Å². The number of halogens is 2. The number of carbonyl (C=O) groups is 2. The zero-order valence-electron chi connectivity index (χ0n) is 13.9. The van der Waals surface area contributed by atoms with Gasteiger partial charge in [0.1, 0.15) is 16.7 Å². The number of nitrogens with zero attached hydrogens (tertiary/aromatic N) is 1. The van der Waals surface area contributed by atoms with E-state index in [0.29, 0.717) is 5.03 Å². The van der Waals surface area contributed by atoms with Gasteiger partial charge in [-0.3, -0.25) is 4.79 Å². The van der Waals surface area contributed by atoms with Crippen LogP contribution in [0.3, 0.4) is 0 Å². The fourth-order valence-corrected chi connectivity index (χ4v) is 3.12. The van der Waals surface area contributed by atoms with Gasteiger partial charge in [-0.2, -0.15) is 0 Å². The molecule has 0 aliphatic rings. The molecule has 136 valence electrons. The number of Topliss-reactive ketones (excluding diaryl/α,β-unsaturated/α-hetero) is 1. The van der Waals surface area contributed by atoms with Crippen molar-refractivity contribution in [3.63, 3.8) is 0 Å². The first-order valence-corrected chi connectivity index (χ1v) is 8.69. The summed E-state index contributed by atoms with van der Waals surface area (Å²) in [6, 6.07) is 14.9. The molecule has 0 bridgehead atoms. The van der Waals surface area contributed by atoms with E-state index >= 15 is 0 Å². The van der Waals surface area contributed by atoms with Crippen LogP contribution in [0, 0.1) is 11.6 Å². The molecule has 0 aliphatic carbocycles. The van der Waals surface area contributed by atoms with Gasteiger partial charge in [0.05, 0.1) is 11.1 Å². The van der Waals surface area contributed by atoms with Crippen LogP contribution in [0.4, 0.5) is 8.78 Å². The van der Waals surface area contributed by atoms with Gasteiger partial charge in [0.25, 0.3) is 0 Å². The van der Waals surface area contributed by atoms with Crippen molar-refractivity contribution in [2.45, 2.75) is 9.92 Å². The minimum absolute atomic E-state index is 0.180. The summed E-state index contributed by atoms with van der Waals surface area (Å²) < 4.78 is 31.8. The van der Waals surface area contributed by atoms with Gasteiger partial charge in [0.2, 0.25) is 5.78 Å². The van der Waals surface area contributed by atoms with E-state index in [9.17, 15) is 18.4 Å². The smallest absolute Gasteiger partial charge is 0.341 e. The Kier molecular flexibility index (Phi) is 5.93. The van der Waals surface area contributed by atoms with Crippen LogP contribution >= 0.6 is 11.8 Å². The van der Waals surface area contributed by atoms with Gasteiger partial charge in [0.15, 0.2) is 6.61 Å². The zero-order chi connectivity index (χ0) is 19.2. The predicted molar refractivity (Wildman–Crippen MR) is 95.8 cm³/mol. The molecule has 0 amide bonds. The van der Waals surface area contributed by atoms with E-state index < -0.39 is 35.6 Å². The number of hydrogen-bond donors (Lipinski definition) is 0. The molecule has 2 aromatic carbocycles. The topological polar surface area (TPSA) is 56.3 Å². The Morgan fingerprint density at radius 2 is 1.74 bits per heavy atom. The summed E-state index contributed by atoms with van der Waals surface area (Å²) in [4.78, 5) is 29.4. The molecule has 3 rings (SSSR count). The van der Waals surface area contributed by atoms with E-state index in [-0.39, 0.29) is 5.56 Å². The van der Waals surface area contributed by atoms with Gasteiger partial charge in [-0.05, 0) is 42.5 Å². The first kappa shape index (κ1) is 18.7. The summed E-state index contributed by atoms with van der Waals surface area (Å²) >= 11 is 1.27. The molecule has 0 saturated carbocycles. The molecular formula is C20H13F2NO3S. The quantitative estimate of drug-likeness (QED) is 0.460. The summed E-state index contributed by atoms with van der Waals surface area (Å²) in [5.41, 5.74) is -0.285. The average Bonchev–Trinajstić information content (AvgIpc) is 2.69. The van der Waals surface area contributed by atoms with Crippen molar-refractivity contribution < 1.29 is 23.1 Å². The van der Waals surface area contributed by atoms with Gasteiger partial charge in [-0.15, -0.1) is 0 Å². The maximum Gasteiger partial charge on any atom is 0.341 e. The van der Waals surface area contributed by atoms with Crippen LogP contribution in [-0.2, 0) is 4.74 Å². The number of ether oxygens (including phenoxy) is 1. The Morgan fingerprint density at radius 3 is 2.52 bits per heavy atom. The second-order valence-corrected chi connectivity index (χ2v) is 6.46. The maximum absolute atomic E-state index is 13.6. The van der Waals surface area contributed by atoms with Crippen molar-refractivity contribution >= 4 is 23.5 Å². The number of carbonyl (C=O) groups excluding carboxylic acids is 2. The molecule has 0 unspecified atom stereocenters. The summed E-state index contributed by atoms with van der Waals surface area (Å²) in [6.07, 6.45) is 1.54.